The molecule has 1 aromatic heterocycles. The molecule has 20 heavy (non-hydrogen) atoms. The summed E-state index contributed by atoms with van der Waals surface area (Å²) >= 11 is 0. The van der Waals surface area contributed by atoms with Crippen LogP contribution in [0, 0.1) is 0 Å². The fourth-order valence-electron chi connectivity index (χ4n) is 1.84. The highest BCUT2D eigenvalue weighted by atomic mass is 16.5. The highest BCUT2D eigenvalue weighted by Crippen LogP contribution is 2.27. The van der Waals surface area contributed by atoms with Gasteiger partial charge in [-0.1, -0.05) is 5.16 Å². The van der Waals surface area contributed by atoms with E-state index in [9.17, 15) is 0 Å². The largest absolute Gasteiger partial charge is 0.487 e. The van der Waals surface area contributed by atoms with Crippen molar-refractivity contribution in [3.8, 4) is 5.75 Å². The van der Waals surface area contributed by atoms with Crippen LogP contribution in [0.5, 0.6) is 5.75 Å². The van der Waals surface area contributed by atoms with Crippen molar-refractivity contribution in [2.24, 2.45) is 10.9 Å². The van der Waals surface area contributed by atoms with Crippen LogP contribution >= 0.6 is 0 Å². The van der Waals surface area contributed by atoms with Crippen molar-refractivity contribution in [2.75, 3.05) is 11.4 Å². The highest BCUT2D eigenvalue weighted by molar-refractivity contribution is 5.80. The summed E-state index contributed by atoms with van der Waals surface area (Å²) in [6, 6.07) is 3.98. The van der Waals surface area contributed by atoms with Gasteiger partial charge in [0.1, 0.15) is 5.84 Å². The Morgan fingerprint density at radius 1 is 1.45 bits per heavy atom. The van der Waals surface area contributed by atoms with Crippen LogP contribution in [0.2, 0.25) is 0 Å². The van der Waals surface area contributed by atoms with E-state index in [0.29, 0.717) is 13.0 Å². The average molecular weight is 280 g/mol. The number of amidine groups is 1. The van der Waals surface area contributed by atoms with Crippen LogP contribution in [0.3, 0.4) is 0 Å². The number of pyridine rings is 1. The Balaban J connectivity index is 2.96. The van der Waals surface area contributed by atoms with E-state index in [1.54, 1.807) is 6.20 Å². The monoisotopic (exact) mass is 280 g/mol. The Labute approximate surface area is 120 Å². The molecule has 6 nitrogen and oxygen atoms in total. The van der Waals surface area contributed by atoms with Gasteiger partial charge in [0, 0.05) is 25.2 Å². The molecule has 1 rings (SSSR count). The number of nitrogens with two attached hydrogens (primary N) is 1. The van der Waals surface area contributed by atoms with Crippen LogP contribution in [-0.2, 0) is 0 Å². The van der Waals surface area contributed by atoms with E-state index < -0.39 is 0 Å². The van der Waals surface area contributed by atoms with E-state index in [1.807, 2.05) is 26.0 Å². The Bertz CT molecular complexity index is 447. The summed E-state index contributed by atoms with van der Waals surface area (Å²) in [5, 5.41) is 11.6. The third kappa shape index (κ3) is 4.60. The van der Waals surface area contributed by atoms with Crippen LogP contribution < -0.4 is 15.4 Å². The van der Waals surface area contributed by atoms with Crippen molar-refractivity contribution in [3.63, 3.8) is 0 Å². The van der Waals surface area contributed by atoms with Gasteiger partial charge in [-0.3, -0.25) is 0 Å². The normalized spacial score (nSPS) is 12.0. The summed E-state index contributed by atoms with van der Waals surface area (Å²) in [5.41, 5.74) is 5.54. The van der Waals surface area contributed by atoms with Gasteiger partial charge >= 0.3 is 0 Å². The Hall–Kier alpha value is -1.98. The molecule has 0 fully saturated rings. The molecule has 0 bridgehead atoms. The van der Waals surface area contributed by atoms with Gasteiger partial charge in [0.05, 0.1) is 6.10 Å². The maximum absolute atomic E-state index is 8.63. The number of oxime groups is 1. The molecule has 0 spiro atoms. The highest BCUT2D eigenvalue weighted by Gasteiger charge is 2.17. The molecule has 0 saturated carbocycles. The van der Waals surface area contributed by atoms with E-state index in [-0.39, 0.29) is 18.0 Å². The summed E-state index contributed by atoms with van der Waals surface area (Å²) in [4.78, 5) is 6.49. The van der Waals surface area contributed by atoms with Crippen molar-refractivity contribution < 1.29 is 9.94 Å². The fraction of sp³-hybridized carbons (Fsp3) is 0.571. The van der Waals surface area contributed by atoms with E-state index in [2.05, 4.69) is 28.9 Å². The van der Waals surface area contributed by atoms with Gasteiger partial charge in [-0.2, -0.15) is 0 Å². The van der Waals surface area contributed by atoms with Crippen molar-refractivity contribution >= 4 is 11.7 Å². The molecule has 0 amide bonds. The van der Waals surface area contributed by atoms with Crippen LogP contribution in [0.25, 0.3) is 0 Å². The molecule has 112 valence electrons. The average Bonchev–Trinajstić information content (AvgIpc) is 2.39. The van der Waals surface area contributed by atoms with E-state index in [1.165, 1.54) is 0 Å². The minimum Gasteiger partial charge on any atom is -0.487 e. The van der Waals surface area contributed by atoms with Gasteiger partial charge in [-0.05, 0) is 39.8 Å². The van der Waals surface area contributed by atoms with Crippen molar-refractivity contribution in [3.05, 3.63) is 18.3 Å². The van der Waals surface area contributed by atoms with E-state index in [0.717, 1.165) is 11.6 Å². The number of hydrogen-bond acceptors (Lipinski definition) is 5. The predicted octanol–water partition coefficient (Wildman–Crippen LogP) is 2.22. The zero-order chi connectivity index (χ0) is 15.1. The molecule has 0 radical (unpaired) electrons. The number of ether oxygens (including phenoxy) is 1. The Morgan fingerprint density at radius 3 is 2.70 bits per heavy atom. The van der Waals surface area contributed by atoms with Crippen LogP contribution in [0.1, 0.15) is 34.1 Å². The summed E-state index contributed by atoms with van der Waals surface area (Å²) < 4.78 is 5.79. The van der Waals surface area contributed by atoms with Gasteiger partial charge < -0.3 is 20.6 Å². The fourth-order valence-corrected chi connectivity index (χ4v) is 1.84. The number of hydrogen-bond donors (Lipinski definition) is 2. The summed E-state index contributed by atoms with van der Waals surface area (Å²) in [5.74, 6) is 1.73. The summed E-state index contributed by atoms with van der Waals surface area (Å²) in [7, 11) is 0. The van der Waals surface area contributed by atoms with Gasteiger partial charge in [0.2, 0.25) is 0 Å². The molecular formula is C14H24N4O2. The molecular weight excluding hydrogens is 256 g/mol. The number of aromatic nitrogens is 1. The van der Waals surface area contributed by atoms with Crippen LogP contribution in [-0.4, -0.2) is 34.7 Å². The molecule has 0 aliphatic carbocycles. The first-order chi connectivity index (χ1) is 9.45. The lowest BCUT2D eigenvalue weighted by Gasteiger charge is -2.29. The first-order valence-corrected chi connectivity index (χ1v) is 6.80. The van der Waals surface area contributed by atoms with Gasteiger partial charge in [0.25, 0.3) is 0 Å². The molecule has 0 aromatic carbocycles. The second kappa shape index (κ2) is 7.57. The van der Waals surface area contributed by atoms with E-state index >= 15 is 0 Å². The minimum atomic E-state index is 0.0797. The third-order valence-corrected chi connectivity index (χ3v) is 2.75. The Kier molecular flexibility index (Phi) is 6.09. The molecule has 0 saturated heterocycles. The predicted molar refractivity (Wildman–Crippen MR) is 80.5 cm³/mol. The third-order valence-electron chi connectivity index (χ3n) is 2.75. The van der Waals surface area contributed by atoms with Crippen LogP contribution in [0.15, 0.2) is 23.5 Å². The molecule has 0 aliphatic heterocycles. The van der Waals surface area contributed by atoms with Gasteiger partial charge in [-0.15, -0.1) is 0 Å². The zero-order valence-electron chi connectivity index (χ0n) is 12.6. The molecule has 1 aromatic rings. The SMILES string of the molecule is CC(C)Oc1cccnc1N(CC/C(N)=N/O)C(C)C. The molecule has 0 unspecified atom stereocenters. The lowest BCUT2D eigenvalue weighted by molar-refractivity contribution is 0.241. The topological polar surface area (TPSA) is 84.0 Å². The molecule has 1 heterocycles. The smallest absolute Gasteiger partial charge is 0.171 e. The minimum absolute atomic E-state index is 0.0797. The van der Waals surface area contributed by atoms with Crippen LogP contribution in [0.4, 0.5) is 5.82 Å². The lowest BCUT2D eigenvalue weighted by Crippen LogP contribution is -2.35. The van der Waals surface area contributed by atoms with Crippen molar-refractivity contribution in [1.29, 1.82) is 0 Å². The Morgan fingerprint density at radius 2 is 2.15 bits per heavy atom. The quantitative estimate of drug-likeness (QED) is 0.346. The maximum atomic E-state index is 8.63. The molecule has 0 atom stereocenters. The number of nitrogens with zero attached hydrogens (tertiary/aromatic N) is 3. The lowest BCUT2D eigenvalue weighted by atomic mass is 10.2. The number of rotatable bonds is 7. The molecule has 0 aliphatic rings. The van der Waals surface area contributed by atoms with Crippen molar-refractivity contribution in [2.45, 2.75) is 46.3 Å². The number of anilines is 1. The first-order valence-electron chi connectivity index (χ1n) is 6.80. The van der Waals surface area contributed by atoms with Gasteiger partial charge in [0.15, 0.2) is 11.6 Å². The second-order valence-electron chi connectivity index (χ2n) is 5.12. The first kappa shape index (κ1) is 16.1. The summed E-state index contributed by atoms with van der Waals surface area (Å²) in [6.45, 7) is 8.71. The van der Waals surface area contributed by atoms with Gasteiger partial charge in [-0.25, -0.2) is 4.98 Å². The standard InChI is InChI=1S/C14H24N4O2/c1-10(2)18(9-7-13(15)17-19)14-12(20-11(3)4)6-5-8-16-14/h5-6,8,10-11,19H,7,9H2,1-4H3,(H2,15,17). The molecule has 3 N–H and O–H groups in total. The maximum Gasteiger partial charge on any atom is 0.171 e. The zero-order valence-corrected chi connectivity index (χ0v) is 12.6. The molecule has 6 heteroatoms. The summed E-state index contributed by atoms with van der Waals surface area (Å²) in [6.07, 6.45) is 2.28. The van der Waals surface area contributed by atoms with Crippen molar-refractivity contribution in [1.82, 2.24) is 4.98 Å². The second-order valence-corrected chi connectivity index (χ2v) is 5.12. The van der Waals surface area contributed by atoms with E-state index in [4.69, 9.17) is 15.7 Å².